The van der Waals surface area contributed by atoms with Crippen LogP contribution in [-0.4, -0.2) is 49.2 Å². The van der Waals surface area contributed by atoms with Crippen LogP contribution in [0.5, 0.6) is 0 Å². The predicted octanol–water partition coefficient (Wildman–Crippen LogP) is -0.421. The van der Waals surface area contributed by atoms with E-state index in [-0.39, 0.29) is 24.7 Å². The van der Waals surface area contributed by atoms with Crippen LogP contribution in [0.2, 0.25) is 0 Å². The number of hydrogen-bond donors (Lipinski definition) is 2. The largest absolute Gasteiger partial charge is 0.394 e. The minimum absolute atomic E-state index is 0.0696. The van der Waals surface area contributed by atoms with Gasteiger partial charge in [-0.25, -0.2) is 13.1 Å². The molecule has 18 heavy (non-hydrogen) atoms. The molecule has 0 unspecified atom stereocenters. The smallest absolute Gasteiger partial charge is 0.244 e. The first-order valence-corrected chi connectivity index (χ1v) is 6.95. The van der Waals surface area contributed by atoms with Gasteiger partial charge in [0.1, 0.15) is 4.90 Å². The summed E-state index contributed by atoms with van der Waals surface area (Å²) in [6.45, 7) is 3.89. The van der Waals surface area contributed by atoms with Crippen molar-refractivity contribution in [3.8, 4) is 0 Å². The Balaban J connectivity index is 2.85. The zero-order chi connectivity index (χ0) is 13.8. The van der Waals surface area contributed by atoms with Crippen molar-refractivity contribution in [2.24, 2.45) is 0 Å². The Hall–Kier alpha value is -0.960. The second-order valence-corrected chi connectivity index (χ2v) is 6.27. The van der Waals surface area contributed by atoms with Crippen molar-refractivity contribution in [1.29, 1.82) is 0 Å². The highest BCUT2D eigenvalue weighted by Gasteiger charge is 2.27. The molecule has 1 rings (SSSR count). The van der Waals surface area contributed by atoms with Gasteiger partial charge in [-0.05, 0) is 13.8 Å². The molecule has 0 aliphatic rings. The Morgan fingerprint density at radius 2 is 2.22 bits per heavy atom. The molecule has 0 bridgehead atoms. The van der Waals surface area contributed by atoms with E-state index in [4.69, 9.17) is 9.84 Å². The highest BCUT2D eigenvalue weighted by Crippen LogP contribution is 2.12. The molecule has 0 saturated carbocycles. The van der Waals surface area contributed by atoms with Crippen LogP contribution < -0.4 is 4.72 Å². The zero-order valence-electron chi connectivity index (χ0n) is 10.8. The fourth-order valence-electron chi connectivity index (χ4n) is 1.52. The number of ether oxygens (including phenoxy) is 1. The molecule has 1 heterocycles. The van der Waals surface area contributed by atoms with E-state index in [0.29, 0.717) is 0 Å². The van der Waals surface area contributed by atoms with Crippen LogP contribution in [0.4, 0.5) is 0 Å². The lowest BCUT2D eigenvalue weighted by molar-refractivity contribution is 0.141. The minimum Gasteiger partial charge on any atom is -0.394 e. The molecular weight excluding hydrogens is 258 g/mol. The van der Waals surface area contributed by atoms with Gasteiger partial charge < -0.3 is 9.84 Å². The van der Waals surface area contributed by atoms with Gasteiger partial charge in [0.2, 0.25) is 10.0 Å². The Labute approximate surface area is 107 Å². The first-order chi connectivity index (χ1) is 8.30. The predicted molar refractivity (Wildman–Crippen MR) is 65.6 cm³/mol. The molecular formula is C10H19N3O4S. The maximum Gasteiger partial charge on any atom is 0.244 e. The number of nitrogens with zero attached hydrogens (tertiary/aromatic N) is 2. The molecule has 0 aromatic carbocycles. The van der Waals surface area contributed by atoms with Crippen LogP contribution in [0.25, 0.3) is 0 Å². The van der Waals surface area contributed by atoms with Crippen molar-refractivity contribution in [2.45, 2.75) is 30.8 Å². The number of methoxy groups -OCH3 is 1. The quantitative estimate of drug-likeness (QED) is 0.706. The molecule has 0 aliphatic carbocycles. The zero-order valence-corrected chi connectivity index (χ0v) is 11.6. The number of aliphatic hydroxyl groups is 1. The molecule has 0 aliphatic heterocycles. The lowest BCUT2D eigenvalue weighted by Crippen LogP contribution is -2.46. The summed E-state index contributed by atoms with van der Waals surface area (Å²) in [7, 11) is -2.12. The van der Waals surface area contributed by atoms with Gasteiger partial charge in [-0.1, -0.05) is 0 Å². The van der Waals surface area contributed by atoms with Crippen LogP contribution in [0.3, 0.4) is 0 Å². The van der Waals surface area contributed by atoms with E-state index < -0.39 is 15.6 Å². The van der Waals surface area contributed by atoms with E-state index in [1.807, 2.05) is 0 Å². The topological polar surface area (TPSA) is 93.5 Å². The van der Waals surface area contributed by atoms with Gasteiger partial charge in [0.25, 0.3) is 0 Å². The Kier molecular flexibility index (Phi) is 4.85. The molecule has 1 aromatic rings. The summed E-state index contributed by atoms with van der Waals surface area (Å²) in [6.07, 6.45) is 2.63. The van der Waals surface area contributed by atoms with Crippen LogP contribution in [0.1, 0.15) is 13.8 Å². The molecule has 7 nitrogen and oxygen atoms in total. The average Bonchev–Trinajstić information content (AvgIpc) is 2.65. The van der Waals surface area contributed by atoms with Crippen molar-refractivity contribution < 1.29 is 18.3 Å². The normalized spacial score (nSPS) is 12.9. The van der Waals surface area contributed by atoms with E-state index >= 15 is 0 Å². The lowest BCUT2D eigenvalue weighted by Gasteiger charge is -2.24. The number of hydrogen-bond acceptors (Lipinski definition) is 5. The number of aromatic nitrogens is 2. The van der Waals surface area contributed by atoms with Gasteiger partial charge in [-0.15, -0.1) is 0 Å². The summed E-state index contributed by atoms with van der Waals surface area (Å²) in [5, 5.41) is 12.6. The Morgan fingerprint density at radius 1 is 1.56 bits per heavy atom. The van der Waals surface area contributed by atoms with Gasteiger partial charge in [0, 0.05) is 13.3 Å². The number of sulfonamides is 1. The third-order valence-electron chi connectivity index (χ3n) is 2.16. The van der Waals surface area contributed by atoms with Crippen molar-refractivity contribution in [1.82, 2.24) is 14.5 Å². The third kappa shape index (κ3) is 4.05. The molecule has 104 valence electrons. The molecule has 8 heteroatoms. The van der Waals surface area contributed by atoms with E-state index in [1.54, 1.807) is 13.8 Å². The first-order valence-electron chi connectivity index (χ1n) is 5.47. The van der Waals surface area contributed by atoms with Crippen LogP contribution >= 0.6 is 0 Å². The van der Waals surface area contributed by atoms with Gasteiger partial charge in [0.15, 0.2) is 0 Å². The summed E-state index contributed by atoms with van der Waals surface area (Å²) in [6, 6.07) is 0. The maximum absolute atomic E-state index is 12.1. The van der Waals surface area contributed by atoms with Crippen LogP contribution in [0, 0.1) is 0 Å². The van der Waals surface area contributed by atoms with E-state index in [2.05, 4.69) is 9.82 Å². The summed E-state index contributed by atoms with van der Waals surface area (Å²) in [5.74, 6) is 0. The number of aliphatic hydroxyl groups excluding tert-OH is 1. The Morgan fingerprint density at radius 3 is 2.78 bits per heavy atom. The second-order valence-electron chi connectivity index (χ2n) is 4.59. The standard InChI is InChI=1S/C10H19N3O4S/c1-10(2,8-17-3)12-18(15,16)9-6-11-13(7-9)4-5-14/h6-7,12,14H,4-5,8H2,1-3H3. The van der Waals surface area contributed by atoms with Crippen molar-refractivity contribution in [3.05, 3.63) is 12.4 Å². The van der Waals surface area contributed by atoms with Crippen molar-refractivity contribution >= 4 is 10.0 Å². The summed E-state index contributed by atoms with van der Waals surface area (Å²) >= 11 is 0. The molecule has 0 fully saturated rings. The SMILES string of the molecule is COCC(C)(C)NS(=O)(=O)c1cnn(CCO)c1. The van der Waals surface area contributed by atoms with E-state index in [0.717, 1.165) is 0 Å². The summed E-state index contributed by atoms with van der Waals surface area (Å²) in [5.41, 5.74) is -0.702. The van der Waals surface area contributed by atoms with Crippen molar-refractivity contribution in [3.63, 3.8) is 0 Å². The van der Waals surface area contributed by atoms with E-state index in [1.165, 1.54) is 24.2 Å². The molecule has 0 amide bonds. The summed E-state index contributed by atoms with van der Waals surface area (Å²) < 4.78 is 33.0. The fourth-order valence-corrected chi connectivity index (χ4v) is 2.87. The van der Waals surface area contributed by atoms with Crippen LogP contribution in [0.15, 0.2) is 17.3 Å². The van der Waals surface area contributed by atoms with Gasteiger partial charge in [-0.3, -0.25) is 4.68 Å². The van der Waals surface area contributed by atoms with Gasteiger partial charge in [0.05, 0.1) is 31.5 Å². The van der Waals surface area contributed by atoms with E-state index in [9.17, 15) is 8.42 Å². The third-order valence-corrected chi connectivity index (χ3v) is 3.82. The molecule has 0 saturated heterocycles. The van der Waals surface area contributed by atoms with Gasteiger partial charge >= 0.3 is 0 Å². The minimum atomic E-state index is -3.63. The summed E-state index contributed by atoms with van der Waals surface area (Å²) in [4.78, 5) is 0.0696. The molecule has 1 aromatic heterocycles. The van der Waals surface area contributed by atoms with Gasteiger partial charge in [-0.2, -0.15) is 5.10 Å². The van der Waals surface area contributed by atoms with Crippen molar-refractivity contribution in [2.75, 3.05) is 20.3 Å². The first kappa shape index (κ1) is 15.1. The Bertz CT molecular complexity index is 481. The number of nitrogens with one attached hydrogen (secondary N) is 1. The second kappa shape index (κ2) is 5.79. The maximum atomic E-state index is 12.1. The number of rotatable bonds is 7. The monoisotopic (exact) mass is 277 g/mol. The molecule has 2 N–H and O–H groups in total. The highest BCUT2D eigenvalue weighted by atomic mass is 32.2. The molecule has 0 spiro atoms. The van der Waals surface area contributed by atoms with Crippen LogP contribution in [-0.2, 0) is 21.3 Å². The highest BCUT2D eigenvalue weighted by molar-refractivity contribution is 7.89. The average molecular weight is 277 g/mol. The fraction of sp³-hybridized carbons (Fsp3) is 0.700. The molecule has 0 radical (unpaired) electrons. The lowest BCUT2D eigenvalue weighted by atomic mass is 10.1. The molecule has 0 atom stereocenters.